The number of carbonyl (C=O) groups is 3. The Labute approximate surface area is 248 Å². The molecule has 0 fully saturated rings. The molecule has 0 unspecified atom stereocenters. The van der Waals surface area contributed by atoms with E-state index in [-0.39, 0.29) is 48.6 Å². The predicted molar refractivity (Wildman–Crippen MR) is 156 cm³/mol. The first-order chi connectivity index (χ1) is 20.3. The fourth-order valence-electron chi connectivity index (χ4n) is 4.19. The van der Waals surface area contributed by atoms with Crippen LogP contribution >= 0.6 is 0 Å². The van der Waals surface area contributed by atoms with Crippen molar-refractivity contribution in [1.29, 1.82) is 0 Å². The Bertz CT molecular complexity index is 1660. The summed E-state index contributed by atoms with van der Waals surface area (Å²) in [6.07, 6.45) is 0.307. The summed E-state index contributed by atoms with van der Waals surface area (Å²) in [5, 5.41) is 16.0. The number of fused-ring (bicyclic) bond motifs is 2. The van der Waals surface area contributed by atoms with Gasteiger partial charge in [-0.1, -0.05) is 5.21 Å². The van der Waals surface area contributed by atoms with Crippen LogP contribution in [-0.2, 0) is 37.4 Å². The Morgan fingerprint density at radius 2 is 1.91 bits per heavy atom. The molecule has 3 heterocycles. The molecule has 4 rings (SSSR count). The Kier molecular flexibility index (Phi) is 9.13. The van der Waals surface area contributed by atoms with E-state index < -0.39 is 23.8 Å². The van der Waals surface area contributed by atoms with Crippen molar-refractivity contribution in [2.75, 3.05) is 30.5 Å². The third-order valence-electron chi connectivity index (χ3n) is 5.99. The molecule has 0 aliphatic carbocycles. The highest BCUT2D eigenvalue weighted by atomic mass is 16.6. The van der Waals surface area contributed by atoms with E-state index in [1.54, 1.807) is 52.4 Å². The lowest BCUT2D eigenvalue weighted by atomic mass is 10.1. The number of nitrogens with zero attached hydrogens (tertiary/aromatic N) is 7. The van der Waals surface area contributed by atoms with Gasteiger partial charge in [0.1, 0.15) is 34.4 Å². The van der Waals surface area contributed by atoms with Gasteiger partial charge in [-0.25, -0.2) is 19.3 Å². The van der Waals surface area contributed by atoms with E-state index in [0.29, 0.717) is 11.2 Å². The lowest BCUT2D eigenvalue weighted by molar-refractivity contribution is -0.148. The molecular formula is C28H36N8O7. The number of esters is 2. The number of amides is 1. The minimum absolute atomic E-state index is 0.123. The van der Waals surface area contributed by atoms with Gasteiger partial charge in [-0.15, -0.1) is 5.10 Å². The number of carbonyl (C=O) groups excluding carboxylic acids is 3. The van der Waals surface area contributed by atoms with Crippen molar-refractivity contribution in [3.05, 3.63) is 35.5 Å². The number of anilines is 3. The van der Waals surface area contributed by atoms with E-state index in [9.17, 15) is 14.4 Å². The molecule has 0 aliphatic rings. The maximum Gasteiger partial charge on any atom is 0.415 e. The minimum Gasteiger partial charge on any atom is -0.462 e. The van der Waals surface area contributed by atoms with Crippen molar-refractivity contribution in [1.82, 2.24) is 29.6 Å². The molecule has 1 N–H and O–H groups in total. The van der Waals surface area contributed by atoms with Crippen LogP contribution in [0.2, 0.25) is 0 Å². The summed E-state index contributed by atoms with van der Waals surface area (Å²) in [5.41, 5.74) is 2.18. The number of hydrogen-bond acceptors (Lipinski definition) is 12. The van der Waals surface area contributed by atoms with Gasteiger partial charge in [-0.05, 0) is 52.3 Å². The molecule has 1 atom stereocenters. The van der Waals surface area contributed by atoms with Gasteiger partial charge in [0.05, 0.1) is 37.2 Å². The quantitative estimate of drug-likeness (QED) is 0.208. The number of benzene rings is 1. The van der Waals surface area contributed by atoms with Gasteiger partial charge in [0.25, 0.3) is 0 Å². The lowest BCUT2D eigenvalue weighted by Gasteiger charge is -2.25. The van der Waals surface area contributed by atoms with Gasteiger partial charge < -0.3 is 24.3 Å². The summed E-state index contributed by atoms with van der Waals surface area (Å²) in [6.45, 7) is 10.7. The maximum atomic E-state index is 13.0. The Morgan fingerprint density at radius 3 is 2.58 bits per heavy atom. The van der Waals surface area contributed by atoms with Crippen LogP contribution in [0, 0.1) is 0 Å². The fraction of sp³-hybridized carbons (Fsp3) is 0.464. The van der Waals surface area contributed by atoms with Crippen LogP contribution in [-0.4, -0.2) is 79.6 Å². The molecule has 0 bridgehead atoms. The molecule has 0 aliphatic heterocycles. The Morgan fingerprint density at radius 1 is 1.16 bits per heavy atom. The van der Waals surface area contributed by atoms with Gasteiger partial charge in [0.2, 0.25) is 0 Å². The maximum absolute atomic E-state index is 13.0. The second-order valence-corrected chi connectivity index (χ2v) is 10.8. The highest BCUT2D eigenvalue weighted by Crippen LogP contribution is 2.30. The monoisotopic (exact) mass is 596 g/mol. The fourth-order valence-corrected chi connectivity index (χ4v) is 4.19. The predicted octanol–water partition coefficient (Wildman–Crippen LogP) is 3.77. The summed E-state index contributed by atoms with van der Waals surface area (Å²) >= 11 is 0. The number of ether oxygens (including phenoxy) is 4. The Hall–Kier alpha value is -4.79. The highest BCUT2D eigenvalue weighted by molar-refractivity contribution is 5.97. The molecule has 15 heteroatoms. The molecule has 3 aromatic heterocycles. The van der Waals surface area contributed by atoms with Crippen LogP contribution in [0.15, 0.2) is 24.4 Å². The molecule has 15 nitrogen and oxygen atoms in total. The second kappa shape index (κ2) is 12.6. The number of aromatic nitrogens is 6. The van der Waals surface area contributed by atoms with Crippen molar-refractivity contribution < 1.29 is 33.3 Å². The zero-order valence-corrected chi connectivity index (χ0v) is 25.5. The van der Waals surface area contributed by atoms with Gasteiger partial charge in [-0.3, -0.25) is 9.69 Å². The zero-order chi connectivity index (χ0) is 31.5. The molecule has 4 aromatic rings. The summed E-state index contributed by atoms with van der Waals surface area (Å²) in [4.78, 5) is 42.9. The van der Waals surface area contributed by atoms with Crippen molar-refractivity contribution >= 4 is 52.0 Å². The summed E-state index contributed by atoms with van der Waals surface area (Å²) < 4.78 is 24.7. The smallest absolute Gasteiger partial charge is 0.415 e. The standard InChI is InChI=1S/C28H36N8O7/c1-9-41-26(38)19-13-29-36-23(34(7)27(39)43-28(4,5)6)12-22(31-25(19)36)30-20-10-18(11-21-24(20)32-33-35(21)8)15-40-14-16(2)42-17(3)37/h10-13,16H,9,14-15H2,1-8H3,(H,30,31)/t16-/m1/s1. The van der Waals surface area contributed by atoms with Crippen molar-refractivity contribution in [2.45, 2.75) is 59.9 Å². The first-order valence-corrected chi connectivity index (χ1v) is 13.6. The second-order valence-electron chi connectivity index (χ2n) is 10.8. The first-order valence-electron chi connectivity index (χ1n) is 13.6. The minimum atomic E-state index is -0.741. The average Bonchev–Trinajstić information content (AvgIpc) is 3.50. The van der Waals surface area contributed by atoms with Crippen molar-refractivity contribution in [3.8, 4) is 0 Å². The van der Waals surface area contributed by atoms with E-state index >= 15 is 0 Å². The molecule has 1 amide bonds. The van der Waals surface area contributed by atoms with Gasteiger partial charge >= 0.3 is 18.0 Å². The van der Waals surface area contributed by atoms with E-state index in [1.807, 2.05) is 12.1 Å². The van der Waals surface area contributed by atoms with E-state index in [1.165, 1.54) is 29.6 Å². The summed E-state index contributed by atoms with van der Waals surface area (Å²) in [6, 6.07) is 5.33. The number of nitrogens with one attached hydrogen (secondary N) is 1. The van der Waals surface area contributed by atoms with Crippen LogP contribution in [0.25, 0.3) is 16.7 Å². The SMILES string of the molecule is CCOC(=O)c1cnn2c(N(C)C(=O)OC(C)(C)C)cc(Nc3cc(COC[C@@H](C)OC(C)=O)cc4c3nnn4C)nc12. The van der Waals surface area contributed by atoms with E-state index in [0.717, 1.165) is 11.1 Å². The zero-order valence-electron chi connectivity index (χ0n) is 25.5. The van der Waals surface area contributed by atoms with E-state index in [4.69, 9.17) is 18.9 Å². The third kappa shape index (κ3) is 7.35. The molecule has 0 radical (unpaired) electrons. The first kappa shape index (κ1) is 31.2. The normalized spacial score (nSPS) is 12.3. The van der Waals surface area contributed by atoms with Crippen molar-refractivity contribution in [3.63, 3.8) is 0 Å². The molecule has 0 saturated carbocycles. The molecule has 0 saturated heterocycles. The van der Waals surface area contributed by atoms with Crippen molar-refractivity contribution in [2.24, 2.45) is 7.05 Å². The third-order valence-corrected chi connectivity index (χ3v) is 5.99. The summed E-state index contributed by atoms with van der Waals surface area (Å²) in [7, 11) is 3.30. The number of hydrogen-bond donors (Lipinski definition) is 1. The number of aryl methyl sites for hydroxylation is 1. The van der Waals surface area contributed by atoms with Crippen LogP contribution in [0.5, 0.6) is 0 Å². The molecule has 43 heavy (non-hydrogen) atoms. The average molecular weight is 597 g/mol. The molecule has 0 spiro atoms. The van der Waals surface area contributed by atoms with Crippen LogP contribution in [0.3, 0.4) is 0 Å². The summed E-state index contributed by atoms with van der Waals surface area (Å²) in [5.74, 6) is -0.411. The van der Waals surface area contributed by atoms with Crippen LogP contribution < -0.4 is 10.2 Å². The topological polar surface area (TPSA) is 164 Å². The van der Waals surface area contributed by atoms with Crippen LogP contribution in [0.4, 0.5) is 22.1 Å². The number of rotatable bonds is 10. The van der Waals surface area contributed by atoms with Gasteiger partial charge in [0.15, 0.2) is 5.65 Å². The molecular weight excluding hydrogens is 560 g/mol. The van der Waals surface area contributed by atoms with Gasteiger partial charge in [-0.2, -0.15) is 9.61 Å². The molecule has 230 valence electrons. The van der Waals surface area contributed by atoms with E-state index in [2.05, 4.69) is 25.7 Å². The van der Waals surface area contributed by atoms with Crippen LogP contribution in [0.1, 0.15) is 57.5 Å². The highest BCUT2D eigenvalue weighted by Gasteiger charge is 2.26. The largest absolute Gasteiger partial charge is 0.462 e. The lowest BCUT2D eigenvalue weighted by Crippen LogP contribution is -2.35. The Balaban J connectivity index is 1.75. The molecule has 1 aromatic carbocycles. The van der Waals surface area contributed by atoms with Gasteiger partial charge in [0, 0.05) is 27.1 Å².